The molecule has 0 radical (unpaired) electrons. The third kappa shape index (κ3) is 5.21. The summed E-state index contributed by atoms with van der Waals surface area (Å²) in [6.45, 7) is 0.214. The van der Waals surface area contributed by atoms with E-state index < -0.39 is 22.0 Å². The van der Waals surface area contributed by atoms with Crippen molar-refractivity contribution in [3.8, 4) is 17.2 Å². The molecule has 0 saturated heterocycles. The van der Waals surface area contributed by atoms with Crippen molar-refractivity contribution in [2.75, 3.05) is 31.1 Å². The highest BCUT2D eigenvalue weighted by molar-refractivity contribution is 7.92. The lowest BCUT2D eigenvalue weighted by Gasteiger charge is -2.34. The number of anilines is 1. The summed E-state index contributed by atoms with van der Waals surface area (Å²) in [5.41, 5.74) is 0.279. The average Bonchev–Trinajstić information content (AvgIpc) is 2.86. The van der Waals surface area contributed by atoms with E-state index in [2.05, 4.69) is 5.32 Å². The minimum absolute atomic E-state index is 0.105. The number of carbonyl (C=O) groups is 1. The van der Waals surface area contributed by atoms with Crippen LogP contribution in [0.3, 0.4) is 0 Å². The van der Waals surface area contributed by atoms with Gasteiger partial charge in [0.25, 0.3) is 15.9 Å². The van der Waals surface area contributed by atoms with Gasteiger partial charge in [-0.05, 0) is 42.5 Å². The zero-order chi connectivity index (χ0) is 24.1. The average molecular weight is 503 g/mol. The van der Waals surface area contributed by atoms with Crippen LogP contribution in [0.25, 0.3) is 0 Å². The van der Waals surface area contributed by atoms with Crippen LogP contribution in [0.1, 0.15) is 0 Å². The molecule has 10 heteroatoms. The Hall–Kier alpha value is -3.43. The molecule has 1 atom stereocenters. The van der Waals surface area contributed by atoms with Gasteiger partial charge in [-0.3, -0.25) is 9.10 Å². The Morgan fingerprint density at radius 1 is 1.09 bits per heavy atom. The molecule has 34 heavy (non-hydrogen) atoms. The van der Waals surface area contributed by atoms with E-state index in [0.29, 0.717) is 16.5 Å². The zero-order valence-electron chi connectivity index (χ0n) is 18.3. The van der Waals surface area contributed by atoms with Crippen molar-refractivity contribution >= 4 is 33.2 Å². The summed E-state index contributed by atoms with van der Waals surface area (Å²) in [5.74, 6) is 1.06. The van der Waals surface area contributed by atoms with Crippen LogP contribution in [-0.4, -0.2) is 47.2 Å². The van der Waals surface area contributed by atoms with E-state index in [0.717, 1.165) is 4.31 Å². The third-order valence-corrected chi connectivity index (χ3v) is 7.15. The fourth-order valence-electron chi connectivity index (χ4n) is 3.46. The third-order valence-electron chi connectivity index (χ3n) is 5.13. The molecule has 178 valence electrons. The second-order valence-electron chi connectivity index (χ2n) is 7.39. The SMILES string of the molecule is COc1cccc(OCCNC(=O)C2CN(S(=O)(=O)c3ccccc3)c3cc(Cl)ccc3O2)c1. The summed E-state index contributed by atoms with van der Waals surface area (Å²) < 4.78 is 44.5. The number of sulfonamides is 1. The lowest BCUT2D eigenvalue weighted by molar-refractivity contribution is -0.127. The van der Waals surface area contributed by atoms with E-state index in [9.17, 15) is 13.2 Å². The first-order valence-corrected chi connectivity index (χ1v) is 12.3. The second-order valence-corrected chi connectivity index (χ2v) is 9.68. The molecule has 3 aromatic carbocycles. The van der Waals surface area contributed by atoms with Gasteiger partial charge < -0.3 is 19.5 Å². The summed E-state index contributed by atoms with van der Waals surface area (Å²) >= 11 is 6.11. The number of hydrogen-bond acceptors (Lipinski definition) is 6. The van der Waals surface area contributed by atoms with E-state index >= 15 is 0 Å². The molecule has 1 heterocycles. The molecule has 3 aromatic rings. The predicted molar refractivity (Wildman–Crippen MR) is 128 cm³/mol. The van der Waals surface area contributed by atoms with Gasteiger partial charge in [0.15, 0.2) is 6.10 Å². The van der Waals surface area contributed by atoms with E-state index in [1.54, 1.807) is 61.7 Å². The normalized spacial score (nSPS) is 15.1. The smallest absolute Gasteiger partial charge is 0.264 e. The quantitative estimate of drug-likeness (QED) is 0.474. The topological polar surface area (TPSA) is 94.2 Å². The number of halogens is 1. The van der Waals surface area contributed by atoms with Gasteiger partial charge in [-0.2, -0.15) is 0 Å². The molecule has 0 saturated carbocycles. The van der Waals surface area contributed by atoms with Crippen molar-refractivity contribution in [1.29, 1.82) is 0 Å². The van der Waals surface area contributed by atoms with Crippen molar-refractivity contribution in [3.63, 3.8) is 0 Å². The van der Waals surface area contributed by atoms with Gasteiger partial charge >= 0.3 is 0 Å². The minimum Gasteiger partial charge on any atom is -0.497 e. The van der Waals surface area contributed by atoms with Crippen LogP contribution in [0.4, 0.5) is 5.69 Å². The van der Waals surface area contributed by atoms with Gasteiger partial charge in [0.1, 0.15) is 23.9 Å². The lowest BCUT2D eigenvalue weighted by atomic mass is 10.2. The molecule has 8 nitrogen and oxygen atoms in total. The number of nitrogens with zero attached hydrogens (tertiary/aromatic N) is 1. The first-order chi connectivity index (χ1) is 16.4. The summed E-state index contributed by atoms with van der Waals surface area (Å²) in [7, 11) is -2.38. The van der Waals surface area contributed by atoms with Crippen LogP contribution < -0.4 is 23.8 Å². The summed E-state index contributed by atoms with van der Waals surface area (Å²) in [6.07, 6.45) is -1.05. The second kappa shape index (κ2) is 10.2. The monoisotopic (exact) mass is 502 g/mol. The number of hydrogen-bond donors (Lipinski definition) is 1. The molecule has 1 unspecified atom stereocenters. The Balaban J connectivity index is 1.46. The van der Waals surface area contributed by atoms with E-state index in [1.807, 2.05) is 0 Å². The number of amides is 1. The number of benzene rings is 3. The van der Waals surface area contributed by atoms with Gasteiger partial charge in [0, 0.05) is 11.1 Å². The van der Waals surface area contributed by atoms with E-state index in [1.165, 1.54) is 18.2 Å². The Bertz CT molecular complexity index is 1270. The van der Waals surface area contributed by atoms with E-state index in [4.69, 9.17) is 25.8 Å². The fourth-order valence-corrected chi connectivity index (χ4v) is 5.11. The van der Waals surface area contributed by atoms with Crippen molar-refractivity contribution in [3.05, 3.63) is 77.8 Å². The van der Waals surface area contributed by atoms with Crippen LogP contribution in [0, 0.1) is 0 Å². The van der Waals surface area contributed by atoms with Crippen LogP contribution in [0.2, 0.25) is 5.02 Å². The van der Waals surface area contributed by atoms with Gasteiger partial charge in [-0.1, -0.05) is 35.9 Å². The Morgan fingerprint density at radius 2 is 1.85 bits per heavy atom. The number of carbonyl (C=O) groups excluding carboxylic acids is 1. The molecular weight excluding hydrogens is 480 g/mol. The molecule has 0 fully saturated rings. The van der Waals surface area contributed by atoms with Crippen LogP contribution in [0.5, 0.6) is 17.2 Å². The van der Waals surface area contributed by atoms with Crippen LogP contribution >= 0.6 is 11.6 Å². The minimum atomic E-state index is -3.95. The highest BCUT2D eigenvalue weighted by Crippen LogP contribution is 2.38. The maximum Gasteiger partial charge on any atom is 0.264 e. The molecule has 0 aliphatic carbocycles. The van der Waals surface area contributed by atoms with Crippen LogP contribution in [0.15, 0.2) is 77.7 Å². The molecular formula is C24H23ClN2O6S. The fraction of sp³-hybridized carbons (Fsp3) is 0.208. The molecule has 1 amide bonds. The number of rotatable bonds is 8. The van der Waals surface area contributed by atoms with Crippen molar-refractivity contribution < 1.29 is 27.4 Å². The largest absolute Gasteiger partial charge is 0.497 e. The summed E-state index contributed by atoms with van der Waals surface area (Å²) in [5, 5.41) is 3.09. The van der Waals surface area contributed by atoms with Gasteiger partial charge in [-0.25, -0.2) is 8.42 Å². The van der Waals surface area contributed by atoms with Gasteiger partial charge in [0.05, 0.1) is 30.8 Å². The Kier molecular flexibility index (Phi) is 7.14. The number of methoxy groups -OCH3 is 1. The highest BCUT2D eigenvalue weighted by Gasteiger charge is 2.37. The van der Waals surface area contributed by atoms with Crippen molar-refractivity contribution in [1.82, 2.24) is 5.32 Å². The number of fused-ring (bicyclic) bond motifs is 1. The molecule has 1 aliphatic rings. The molecule has 1 aliphatic heterocycles. The first-order valence-electron chi connectivity index (χ1n) is 10.5. The molecule has 0 bridgehead atoms. The number of nitrogens with one attached hydrogen (secondary N) is 1. The molecule has 0 aromatic heterocycles. The lowest BCUT2D eigenvalue weighted by Crippen LogP contribution is -2.51. The molecule has 0 spiro atoms. The summed E-state index contributed by atoms with van der Waals surface area (Å²) in [6, 6.07) is 19.8. The van der Waals surface area contributed by atoms with Gasteiger partial charge in [-0.15, -0.1) is 0 Å². The first kappa shape index (κ1) is 23.7. The standard InChI is InChI=1S/C24H23ClN2O6S/c1-31-18-6-5-7-19(15-18)32-13-12-26-24(28)23-16-27(21-14-17(25)10-11-22(21)33-23)34(29,30)20-8-3-2-4-9-20/h2-11,14-15,23H,12-13,16H2,1H3,(H,26,28). The maximum atomic E-state index is 13.4. The van der Waals surface area contributed by atoms with Crippen LogP contribution in [-0.2, 0) is 14.8 Å². The maximum absolute atomic E-state index is 13.4. The molecule has 1 N–H and O–H groups in total. The molecule has 4 rings (SSSR count). The van der Waals surface area contributed by atoms with Crippen molar-refractivity contribution in [2.45, 2.75) is 11.0 Å². The Labute approximate surface area is 203 Å². The van der Waals surface area contributed by atoms with E-state index in [-0.39, 0.29) is 36.0 Å². The Morgan fingerprint density at radius 3 is 2.62 bits per heavy atom. The number of ether oxygens (including phenoxy) is 3. The summed E-state index contributed by atoms with van der Waals surface area (Å²) in [4.78, 5) is 12.9. The predicted octanol–water partition coefficient (Wildman–Crippen LogP) is 3.50. The highest BCUT2D eigenvalue weighted by atomic mass is 35.5. The zero-order valence-corrected chi connectivity index (χ0v) is 19.9. The van der Waals surface area contributed by atoms with Gasteiger partial charge in [0.2, 0.25) is 0 Å². The van der Waals surface area contributed by atoms with Crippen molar-refractivity contribution in [2.24, 2.45) is 0 Å².